The molecule has 11 nitrogen and oxygen atoms in total. The van der Waals surface area contributed by atoms with Crippen LogP contribution in [0.3, 0.4) is 0 Å². The molecule has 12 heteroatoms. The maximum atomic E-state index is 17.2. The highest BCUT2D eigenvalue weighted by atomic mass is 19.1. The molecule has 1 amide bonds. The molecule has 1 saturated carbocycles. The van der Waals surface area contributed by atoms with E-state index in [-0.39, 0.29) is 48.6 Å². The lowest BCUT2D eigenvalue weighted by molar-refractivity contribution is 0.0214. The van der Waals surface area contributed by atoms with Crippen LogP contribution in [0.1, 0.15) is 86.3 Å². The van der Waals surface area contributed by atoms with Crippen molar-refractivity contribution >= 4 is 33.7 Å². The number of hydrogen-bond acceptors (Lipinski definition) is 9. The summed E-state index contributed by atoms with van der Waals surface area (Å²) in [5, 5.41) is 7.03. The molecule has 3 atom stereocenters. The van der Waals surface area contributed by atoms with Crippen molar-refractivity contribution in [2.24, 2.45) is 0 Å². The van der Waals surface area contributed by atoms with Gasteiger partial charge in [-0.25, -0.2) is 9.18 Å². The van der Waals surface area contributed by atoms with Gasteiger partial charge in [-0.3, -0.25) is 4.68 Å². The smallest absolute Gasteiger partial charge is 0.410 e. The van der Waals surface area contributed by atoms with E-state index in [0.29, 0.717) is 47.5 Å². The zero-order valence-electron chi connectivity index (χ0n) is 42.2. The van der Waals surface area contributed by atoms with Gasteiger partial charge in [0.1, 0.15) is 41.0 Å². The van der Waals surface area contributed by atoms with Gasteiger partial charge < -0.3 is 28.9 Å². The van der Waals surface area contributed by atoms with Crippen LogP contribution in [0.25, 0.3) is 32.9 Å². The van der Waals surface area contributed by atoms with Crippen molar-refractivity contribution in [2.75, 3.05) is 38.6 Å². The van der Waals surface area contributed by atoms with Gasteiger partial charge in [0.05, 0.1) is 17.6 Å². The van der Waals surface area contributed by atoms with E-state index in [1.54, 1.807) is 6.07 Å². The van der Waals surface area contributed by atoms with Crippen LogP contribution in [0, 0.1) is 12.7 Å². The second kappa shape index (κ2) is 18.7. The molecule has 8 aromatic rings. The van der Waals surface area contributed by atoms with Gasteiger partial charge in [0.2, 0.25) is 0 Å². The van der Waals surface area contributed by atoms with Crippen LogP contribution < -0.4 is 14.4 Å². The first kappa shape index (κ1) is 47.0. The second-order valence-electron chi connectivity index (χ2n) is 21.1. The van der Waals surface area contributed by atoms with Crippen LogP contribution >= 0.6 is 0 Å². The molecular formula is C60H62FN7O4. The first-order chi connectivity index (χ1) is 34.8. The number of carbonyl (C=O) groups excluding carboxylic acids is 1. The molecule has 0 radical (unpaired) electrons. The normalized spacial score (nSPS) is 17.3. The molecule has 0 spiro atoms. The maximum Gasteiger partial charge on any atom is 0.410 e. The quantitative estimate of drug-likeness (QED) is 0.0987. The van der Waals surface area contributed by atoms with Gasteiger partial charge >= 0.3 is 12.1 Å². The molecule has 72 heavy (non-hydrogen) atoms. The summed E-state index contributed by atoms with van der Waals surface area (Å²) >= 11 is 0. The number of hydrogen-bond donors (Lipinski definition) is 0. The third-order valence-corrected chi connectivity index (χ3v) is 14.4. The second-order valence-corrected chi connectivity index (χ2v) is 21.1. The number of aromatic nitrogens is 4. The van der Waals surface area contributed by atoms with Crippen molar-refractivity contribution in [3.05, 3.63) is 179 Å². The Labute approximate surface area is 421 Å². The number of ether oxygens (including phenoxy) is 3. The Bertz CT molecular complexity index is 3170. The van der Waals surface area contributed by atoms with E-state index in [9.17, 15) is 4.79 Å². The lowest BCUT2D eigenvalue weighted by Crippen LogP contribution is -2.50. The van der Waals surface area contributed by atoms with Crippen molar-refractivity contribution in [3.63, 3.8) is 0 Å². The van der Waals surface area contributed by atoms with Crippen molar-refractivity contribution in [1.29, 1.82) is 0 Å². The lowest BCUT2D eigenvalue weighted by Gasteiger charge is -2.36. The largest absolute Gasteiger partial charge is 0.486 e. The van der Waals surface area contributed by atoms with Gasteiger partial charge in [-0.1, -0.05) is 121 Å². The Morgan fingerprint density at radius 3 is 1.96 bits per heavy atom. The number of likely N-dealkylation sites (N-methyl/N-ethyl adjacent to an activating group) is 1. The topological polar surface area (TPSA) is 98.1 Å². The minimum atomic E-state index is -0.939. The van der Waals surface area contributed by atoms with Crippen LogP contribution in [0.5, 0.6) is 11.8 Å². The van der Waals surface area contributed by atoms with Crippen LogP contribution in [-0.2, 0) is 16.9 Å². The summed E-state index contributed by atoms with van der Waals surface area (Å²) in [6.45, 7) is 11.5. The Kier molecular flexibility index (Phi) is 12.2. The SMILES string of the molecule is Cc1c(F)cc2nn(C(c3ccccc3)(c3ccccc3)c3ccccc3)cc2c1-c1c(C2CC2)cc2c(N3C[C@@H]4C[C@H]3CN4C(=O)OC(C)(C)C)nc(O[C@H](C)CN(C)C)nc2c1OCc1ccccc1. The van der Waals surface area contributed by atoms with Gasteiger partial charge in [-0.15, -0.1) is 0 Å². The van der Waals surface area contributed by atoms with E-state index in [0.717, 1.165) is 69.2 Å². The van der Waals surface area contributed by atoms with Crippen molar-refractivity contribution < 1.29 is 23.4 Å². The summed E-state index contributed by atoms with van der Waals surface area (Å²) < 4.78 is 39.0. The average Bonchev–Trinajstić information content (AvgIpc) is 3.80. The van der Waals surface area contributed by atoms with Crippen LogP contribution in [0.2, 0.25) is 0 Å². The van der Waals surface area contributed by atoms with Crippen LogP contribution in [-0.4, -0.2) is 93.2 Å². The number of fused-ring (bicyclic) bond motifs is 4. The first-order valence-corrected chi connectivity index (χ1v) is 25.3. The van der Waals surface area contributed by atoms with E-state index in [1.165, 1.54) is 0 Å². The predicted molar refractivity (Wildman–Crippen MR) is 281 cm³/mol. The molecule has 4 heterocycles. The molecule has 11 rings (SSSR count). The average molecular weight is 964 g/mol. The summed E-state index contributed by atoms with van der Waals surface area (Å²) in [6.07, 6.45) is 4.26. The molecule has 2 aromatic heterocycles. The highest BCUT2D eigenvalue weighted by Crippen LogP contribution is 2.54. The number of benzene rings is 6. The number of anilines is 1. The predicted octanol–water partition coefficient (Wildman–Crippen LogP) is 11.9. The monoisotopic (exact) mass is 963 g/mol. The first-order valence-electron chi connectivity index (χ1n) is 25.3. The number of amides is 1. The Morgan fingerprint density at radius 2 is 1.40 bits per heavy atom. The van der Waals surface area contributed by atoms with Crippen molar-refractivity contribution in [2.45, 2.75) is 95.7 Å². The summed E-state index contributed by atoms with van der Waals surface area (Å²) in [5.41, 5.74) is 6.59. The van der Waals surface area contributed by atoms with E-state index >= 15 is 4.39 Å². The summed E-state index contributed by atoms with van der Waals surface area (Å²) in [6, 6.07) is 45.3. The number of carbonyl (C=O) groups is 1. The fourth-order valence-electron chi connectivity index (χ4n) is 11.2. The number of halogens is 1. The molecule has 1 aliphatic carbocycles. The third-order valence-electron chi connectivity index (χ3n) is 14.4. The molecule has 2 saturated heterocycles. The summed E-state index contributed by atoms with van der Waals surface area (Å²) in [5.74, 6) is 1.08. The van der Waals surface area contributed by atoms with Gasteiger partial charge in [0.15, 0.2) is 5.75 Å². The Hall–Kier alpha value is -7.31. The minimum absolute atomic E-state index is 0.0135. The van der Waals surface area contributed by atoms with Crippen LogP contribution in [0.4, 0.5) is 15.0 Å². The molecule has 0 N–H and O–H groups in total. The van der Waals surface area contributed by atoms with Gasteiger partial charge in [-0.05, 0) is 113 Å². The van der Waals surface area contributed by atoms with E-state index in [2.05, 4.69) is 94.9 Å². The molecule has 368 valence electrons. The number of nitrogens with zero attached hydrogens (tertiary/aromatic N) is 7. The molecule has 6 aromatic carbocycles. The highest BCUT2D eigenvalue weighted by Gasteiger charge is 2.48. The van der Waals surface area contributed by atoms with E-state index in [4.69, 9.17) is 29.3 Å². The van der Waals surface area contributed by atoms with Crippen molar-refractivity contribution in [1.82, 2.24) is 29.5 Å². The summed E-state index contributed by atoms with van der Waals surface area (Å²) in [4.78, 5) is 30.4. The molecule has 2 aliphatic heterocycles. The maximum absolute atomic E-state index is 17.2. The zero-order valence-corrected chi connectivity index (χ0v) is 42.2. The van der Waals surface area contributed by atoms with E-state index < -0.39 is 11.1 Å². The number of likely N-dealkylation sites (tertiary alicyclic amines) is 1. The Morgan fingerprint density at radius 1 is 0.792 bits per heavy atom. The fourth-order valence-corrected chi connectivity index (χ4v) is 11.2. The van der Waals surface area contributed by atoms with Gasteiger partial charge in [-0.2, -0.15) is 15.1 Å². The molecule has 2 bridgehead atoms. The number of rotatable bonds is 14. The van der Waals surface area contributed by atoms with Gasteiger partial charge in [0.25, 0.3) is 0 Å². The van der Waals surface area contributed by atoms with Gasteiger partial charge in [0, 0.05) is 53.8 Å². The number of piperazine rings is 1. The van der Waals surface area contributed by atoms with Crippen molar-refractivity contribution in [3.8, 4) is 22.9 Å². The molecule has 3 aliphatic rings. The minimum Gasteiger partial charge on any atom is -0.486 e. The zero-order chi connectivity index (χ0) is 49.9. The molecule has 3 fully saturated rings. The van der Waals surface area contributed by atoms with Crippen LogP contribution in [0.15, 0.2) is 140 Å². The standard InChI is InChI=1S/C60H62FN7O4/c1-38(33-65(6)7)71-57-62-54-48(56(63-57)66-34-46-30-45(66)35-67(46)58(69)72-59(3,4)5)31-47(41-28-29-41)53(55(54)70-37-40-20-12-8-13-21-40)52-39(2)50(61)32-51-49(52)36-68(64-51)60(42-22-14-9-15-23-42,43-24-16-10-17-25-43)44-26-18-11-19-27-44/h8-27,31-32,36,38,41,45-46H,28-30,33-35,37H2,1-7H3/t38-,45+,46+/m1/s1. The lowest BCUT2D eigenvalue weighted by atomic mass is 9.77. The molecule has 0 unspecified atom stereocenters. The summed E-state index contributed by atoms with van der Waals surface area (Å²) in [7, 11) is 4.03. The highest BCUT2D eigenvalue weighted by molar-refractivity contribution is 6.06. The molecular weight excluding hydrogens is 902 g/mol. The Balaban J connectivity index is 1.17. The van der Waals surface area contributed by atoms with E-state index in [1.807, 2.05) is 107 Å². The fraction of sp³-hybridized carbons (Fsp3) is 0.333. The third kappa shape index (κ3) is 8.69.